The van der Waals surface area contributed by atoms with Gasteiger partial charge in [0.15, 0.2) is 0 Å². The number of rotatable bonds is 1. The minimum absolute atomic E-state index is 0.417. The molecule has 0 aliphatic carbocycles. The minimum Gasteiger partial charge on any atom is -0.366 e. The number of carbonyl (C=O) groups is 1. The fourth-order valence-corrected chi connectivity index (χ4v) is 2.01. The van der Waals surface area contributed by atoms with Crippen molar-refractivity contribution in [3.63, 3.8) is 0 Å². The van der Waals surface area contributed by atoms with Gasteiger partial charge in [-0.15, -0.1) is 0 Å². The number of nitrogens with two attached hydrogens (primary N) is 1. The SMILES string of the molecule is NC(=O)c1cc2c3c(c[nH]c3c1)C=NNC2. The number of H-pyrrole nitrogens is 1. The molecule has 0 spiro atoms. The Morgan fingerprint density at radius 3 is 3.12 bits per heavy atom. The average Bonchev–Trinajstić information content (AvgIpc) is 2.55. The van der Waals surface area contributed by atoms with Gasteiger partial charge in [0.2, 0.25) is 5.91 Å². The second kappa shape index (κ2) is 3.10. The fourth-order valence-electron chi connectivity index (χ4n) is 2.01. The van der Waals surface area contributed by atoms with E-state index < -0.39 is 5.91 Å². The quantitative estimate of drug-likeness (QED) is 0.653. The molecule has 1 aliphatic heterocycles. The predicted octanol–water partition coefficient (Wildman–Crippen LogP) is 0.704. The molecule has 1 amide bonds. The number of primary amides is 1. The van der Waals surface area contributed by atoms with E-state index in [1.807, 2.05) is 12.3 Å². The molecule has 1 aromatic heterocycles. The Kier molecular flexibility index (Phi) is 1.73. The summed E-state index contributed by atoms with van der Waals surface area (Å²) < 4.78 is 0. The number of hydrogen-bond acceptors (Lipinski definition) is 3. The second-order valence-corrected chi connectivity index (χ2v) is 3.76. The maximum Gasteiger partial charge on any atom is 0.248 e. The summed E-state index contributed by atoms with van der Waals surface area (Å²) in [5.41, 5.74) is 11.7. The maximum atomic E-state index is 11.2. The monoisotopic (exact) mass is 214 g/mol. The molecule has 0 saturated carbocycles. The van der Waals surface area contributed by atoms with Crippen LogP contribution in [-0.2, 0) is 6.54 Å². The lowest BCUT2D eigenvalue weighted by atomic mass is 10.0. The lowest BCUT2D eigenvalue weighted by Crippen LogP contribution is -2.12. The van der Waals surface area contributed by atoms with Crippen molar-refractivity contribution in [2.75, 3.05) is 0 Å². The van der Waals surface area contributed by atoms with Crippen LogP contribution >= 0.6 is 0 Å². The van der Waals surface area contributed by atoms with Gasteiger partial charge in [-0.1, -0.05) is 0 Å². The maximum absolute atomic E-state index is 11.2. The van der Waals surface area contributed by atoms with Gasteiger partial charge in [0.1, 0.15) is 0 Å². The van der Waals surface area contributed by atoms with Crippen LogP contribution in [0.25, 0.3) is 10.9 Å². The third-order valence-corrected chi connectivity index (χ3v) is 2.74. The summed E-state index contributed by atoms with van der Waals surface area (Å²) in [6.45, 7) is 0.596. The fraction of sp³-hybridized carbons (Fsp3) is 0.0909. The molecule has 5 nitrogen and oxygen atoms in total. The Morgan fingerprint density at radius 2 is 2.31 bits per heavy atom. The van der Waals surface area contributed by atoms with Gasteiger partial charge in [-0.2, -0.15) is 5.10 Å². The highest BCUT2D eigenvalue weighted by molar-refractivity contribution is 6.04. The van der Waals surface area contributed by atoms with Crippen molar-refractivity contribution < 1.29 is 4.79 Å². The molecule has 1 aromatic carbocycles. The Hall–Kier alpha value is -2.30. The zero-order valence-electron chi connectivity index (χ0n) is 8.45. The van der Waals surface area contributed by atoms with E-state index in [0.717, 1.165) is 22.0 Å². The van der Waals surface area contributed by atoms with Crippen molar-refractivity contribution in [2.24, 2.45) is 10.8 Å². The van der Waals surface area contributed by atoms with E-state index in [2.05, 4.69) is 15.5 Å². The molecule has 0 unspecified atom stereocenters. The van der Waals surface area contributed by atoms with E-state index in [9.17, 15) is 4.79 Å². The lowest BCUT2D eigenvalue weighted by molar-refractivity contribution is 0.100. The normalized spacial score (nSPS) is 13.5. The first-order valence-electron chi connectivity index (χ1n) is 4.95. The number of amides is 1. The number of nitrogens with one attached hydrogen (secondary N) is 2. The Bertz CT molecular complexity index is 612. The number of hydrogen-bond donors (Lipinski definition) is 3. The van der Waals surface area contributed by atoms with Crippen LogP contribution in [-0.4, -0.2) is 17.1 Å². The second-order valence-electron chi connectivity index (χ2n) is 3.76. The van der Waals surface area contributed by atoms with Crippen LogP contribution in [0.15, 0.2) is 23.4 Å². The molecule has 80 valence electrons. The summed E-state index contributed by atoms with van der Waals surface area (Å²) in [5, 5.41) is 5.14. The third-order valence-electron chi connectivity index (χ3n) is 2.74. The summed E-state index contributed by atoms with van der Waals surface area (Å²) in [6.07, 6.45) is 3.63. The van der Waals surface area contributed by atoms with Crippen molar-refractivity contribution >= 4 is 23.0 Å². The Morgan fingerprint density at radius 1 is 1.44 bits per heavy atom. The molecule has 0 radical (unpaired) electrons. The molecule has 1 aliphatic rings. The van der Waals surface area contributed by atoms with Crippen molar-refractivity contribution in [1.29, 1.82) is 0 Å². The van der Waals surface area contributed by atoms with Crippen molar-refractivity contribution in [2.45, 2.75) is 6.54 Å². The highest BCUT2D eigenvalue weighted by Gasteiger charge is 2.13. The summed E-state index contributed by atoms with van der Waals surface area (Å²) >= 11 is 0. The molecular formula is C11H10N4O. The van der Waals surface area contributed by atoms with E-state index in [1.165, 1.54) is 0 Å². The number of aromatic amines is 1. The molecule has 2 heterocycles. The molecule has 5 heteroatoms. The van der Waals surface area contributed by atoms with Gasteiger partial charge in [0, 0.05) is 28.2 Å². The number of nitrogens with zero attached hydrogens (tertiary/aromatic N) is 1. The van der Waals surface area contributed by atoms with Crippen LogP contribution in [0.4, 0.5) is 0 Å². The molecule has 0 saturated heterocycles. The largest absolute Gasteiger partial charge is 0.366 e. The van der Waals surface area contributed by atoms with Crippen LogP contribution in [0.1, 0.15) is 21.5 Å². The molecule has 4 N–H and O–H groups in total. The van der Waals surface area contributed by atoms with Gasteiger partial charge in [0.25, 0.3) is 0 Å². The van der Waals surface area contributed by atoms with Gasteiger partial charge in [-0.05, 0) is 17.7 Å². The minimum atomic E-state index is -0.417. The molecule has 16 heavy (non-hydrogen) atoms. The highest BCUT2D eigenvalue weighted by Crippen LogP contribution is 2.24. The van der Waals surface area contributed by atoms with Crippen LogP contribution in [0, 0.1) is 0 Å². The van der Waals surface area contributed by atoms with E-state index in [0.29, 0.717) is 12.1 Å². The van der Waals surface area contributed by atoms with Crippen molar-refractivity contribution in [3.8, 4) is 0 Å². The van der Waals surface area contributed by atoms with Crippen LogP contribution in [0.2, 0.25) is 0 Å². The number of carbonyl (C=O) groups excluding carboxylic acids is 1. The average molecular weight is 214 g/mol. The molecule has 2 aromatic rings. The first-order valence-corrected chi connectivity index (χ1v) is 4.95. The highest BCUT2D eigenvalue weighted by atomic mass is 16.1. The standard InChI is InChI=1S/C11H10N4O/c12-11(16)6-1-7-4-14-15-5-8-3-13-9(2-6)10(7)8/h1-3,5,13-14H,4H2,(H2,12,16). The van der Waals surface area contributed by atoms with Crippen LogP contribution in [0.5, 0.6) is 0 Å². The lowest BCUT2D eigenvalue weighted by Gasteiger charge is -2.04. The summed E-state index contributed by atoms with van der Waals surface area (Å²) in [6, 6.07) is 3.58. The zero-order chi connectivity index (χ0) is 11.1. The molecule has 0 bridgehead atoms. The van der Waals surface area contributed by atoms with Gasteiger partial charge in [0.05, 0.1) is 12.8 Å². The Balaban J connectivity index is 2.36. The summed E-state index contributed by atoms with van der Waals surface area (Å²) in [4.78, 5) is 14.3. The zero-order valence-corrected chi connectivity index (χ0v) is 8.45. The van der Waals surface area contributed by atoms with E-state index in [4.69, 9.17) is 5.73 Å². The number of aromatic nitrogens is 1. The molecular weight excluding hydrogens is 204 g/mol. The number of benzene rings is 1. The first kappa shape index (κ1) is 8.96. The number of hydrazone groups is 1. The van der Waals surface area contributed by atoms with Crippen molar-refractivity contribution in [3.05, 3.63) is 35.0 Å². The smallest absolute Gasteiger partial charge is 0.248 e. The van der Waals surface area contributed by atoms with Crippen molar-refractivity contribution in [1.82, 2.24) is 10.4 Å². The molecule has 3 rings (SSSR count). The Labute approximate surface area is 91.3 Å². The van der Waals surface area contributed by atoms with E-state index in [1.54, 1.807) is 12.3 Å². The van der Waals surface area contributed by atoms with Crippen LogP contribution < -0.4 is 11.2 Å². The summed E-state index contributed by atoms with van der Waals surface area (Å²) in [5.74, 6) is -0.417. The van der Waals surface area contributed by atoms with Gasteiger partial charge >= 0.3 is 0 Å². The molecule has 0 atom stereocenters. The van der Waals surface area contributed by atoms with E-state index >= 15 is 0 Å². The van der Waals surface area contributed by atoms with Crippen LogP contribution in [0.3, 0.4) is 0 Å². The summed E-state index contributed by atoms with van der Waals surface area (Å²) in [7, 11) is 0. The topological polar surface area (TPSA) is 83.3 Å². The third kappa shape index (κ3) is 1.18. The predicted molar refractivity (Wildman–Crippen MR) is 61.3 cm³/mol. The van der Waals surface area contributed by atoms with Gasteiger partial charge in [-0.3, -0.25) is 4.79 Å². The first-order chi connectivity index (χ1) is 7.75. The molecule has 0 fully saturated rings. The van der Waals surface area contributed by atoms with E-state index in [-0.39, 0.29) is 0 Å². The van der Waals surface area contributed by atoms with Gasteiger partial charge in [-0.25, -0.2) is 0 Å². The van der Waals surface area contributed by atoms with Gasteiger partial charge < -0.3 is 16.1 Å².